The van der Waals surface area contributed by atoms with Gasteiger partial charge in [-0.05, 0) is 29.2 Å². The lowest BCUT2D eigenvalue weighted by Crippen LogP contribution is -2.46. The van der Waals surface area contributed by atoms with E-state index >= 15 is 0 Å². The number of anilines is 2. The Morgan fingerprint density at radius 1 is 0.938 bits per heavy atom. The van der Waals surface area contributed by atoms with E-state index < -0.39 is 4.92 Å². The number of benzene rings is 2. The molecule has 32 heavy (non-hydrogen) atoms. The maximum Gasteiger partial charge on any atom is 0.434 e. The molecule has 0 spiro atoms. The summed E-state index contributed by atoms with van der Waals surface area (Å²) in [5.74, 6) is 0.307. The molecular formula is C23H22N6O3. The lowest BCUT2D eigenvalue weighted by molar-refractivity contribution is -0.396. The van der Waals surface area contributed by atoms with Crippen molar-refractivity contribution in [1.29, 1.82) is 0 Å². The van der Waals surface area contributed by atoms with Gasteiger partial charge in [0.25, 0.3) is 0 Å². The van der Waals surface area contributed by atoms with E-state index in [4.69, 9.17) is 4.52 Å². The van der Waals surface area contributed by atoms with Gasteiger partial charge in [0.1, 0.15) is 24.6 Å². The second kappa shape index (κ2) is 8.54. The van der Waals surface area contributed by atoms with Crippen LogP contribution in [0.3, 0.4) is 0 Å². The average molecular weight is 430 g/mol. The molecule has 9 heteroatoms. The zero-order chi connectivity index (χ0) is 21.9. The van der Waals surface area contributed by atoms with Gasteiger partial charge >= 0.3 is 5.95 Å². The van der Waals surface area contributed by atoms with Crippen molar-refractivity contribution >= 4 is 17.3 Å². The van der Waals surface area contributed by atoms with Crippen molar-refractivity contribution in [2.75, 3.05) is 36.0 Å². The van der Waals surface area contributed by atoms with Crippen molar-refractivity contribution in [3.63, 3.8) is 0 Å². The van der Waals surface area contributed by atoms with Crippen LogP contribution in [0.5, 0.6) is 0 Å². The minimum atomic E-state index is -0.518. The maximum absolute atomic E-state index is 11.0. The lowest BCUT2D eigenvalue weighted by atomic mass is 10.1. The predicted molar refractivity (Wildman–Crippen MR) is 121 cm³/mol. The molecule has 1 aliphatic heterocycles. The number of hydrogen-bond donors (Lipinski definition) is 0. The highest BCUT2D eigenvalue weighted by Gasteiger charge is 2.19. The van der Waals surface area contributed by atoms with Gasteiger partial charge in [0.05, 0.1) is 0 Å². The Kier molecular flexibility index (Phi) is 5.29. The Morgan fingerprint density at radius 3 is 2.25 bits per heavy atom. The Morgan fingerprint density at radius 2 is 1.59 bits per heavy atom. The van der Waals surface area contributed by atoms with Crippen LogP contribution < -0.4 is 9.80 Å². The fraction of sp³-hybridized carbons (Fsp3) is 0.217. The summed E-state index contributed by atoms with van der Waals surface area (Å²) in [4.78, 5) is 19.0. The number of para-hydroxylation sites is 1. The summed E-state index contributed by atoms with van der Waals surface area (Å²) in [6, 6.07) is 20.6. The SMILES string of the molecule is O=[N+]([O-])c1nccn1Cc1cc(-c2ccc(N3CCN(c4ccccc4)CC3)cc2)no1. The van der Waals surface area contributed by atoms with E-state index in [9.17, 15) is 10.1 Å². The van der Waals surface area contributed by atoms with Gasteiger partial charge < -0.3 is 24.4 Å². The minimum absolute atomic E-state index is 0.201. The first kappa shape index (κ1) is 19.8. The van der Waals surface area contributed by atoms with Crippen LogP contribution in [0.25, 0.3) is 11.3 Å². The smallest absolute Gasteiger partial charge is 0.390 e. The van der Waals surface area contributed by atoms with Gasteiger partial charge in [0, 0.05) is 49.2 Å². The van der Waals surface area contributed by atoms with Crippen LogP contribution in [-0.4, -0.2) is 45.8 Å². The highest BCUT2D eigenvalue weighted by atomic mass is 16.6. The Balaban J connectivity index is 1.23. The van der Waals surface area contributed by atoms with E-state index in [0.29, 0.717) is 11.5 Å². The third-order valence-corrected chi connectivity index (χ3v) is 5.67. The maximum atomic E-state index is 11.0. The zero-order valence-electron chi connectivity index (χ0n) is 17.4. The lowest BCUT2D eigenvalue weighted by Gasteiger charge is -2.37. The number of aromatic nitrogens is 3. The molecule has 0 bridgehead atoms. The van der Waals surface area contributed by atoms with Crippen molar-refractivity contribution in [3.05, 3.63) is 88.9 Å². The molecule has 9 nitrogen and oxygen atoms in total. The number of nitrogens with zero attached hydrogens (tertiary/aromatic N) is 6. The third kappa shape index (κ3) is 4.04. The molecule has 4 aromatic rings. The molecule has 0 amide bonds. The average Bonchev–Trinajstić information content (AvgIpc) is 3.50. The van der Waals surface area contributed by atoms with Crippen LogP contribution in [0.15, 0.2) is 77.6 Å². The number of piperazine rings is 1. The van der Waals surface area contributed by atoms with Crippen molar-refractivity contribution in [2.24, 2.45) is 0 Å². The van der Waals surface area contributed by atoms with E-state index in [-0.39, 0.29) is 12.5 Å². The van der Waals surface area contributed by atoms with E-state index in [1.54, 1.807) is 12.3 Å². The fourth-order valence-corrected chi connectivity index (χ4v) is 3.99. The van der Waals surface area contributed by atoms with E-state index in [2.05, 4.69) is 56.3 Å². The first-order chi connectivity index (χ1) is 15.7. The molecule has 162 valence electrons. The first-order valence-corrected chi connectivity index (χ1v) is 10.4. The quantitative estimate of drug-likeness (QED) is 0.339. The molecule has 0 atom stereocenters. The number of imidazole rings is 1. The molecule has 1 fully saturated rings. The summed E-state index contributed by atoms with van der Waals surface area (Å²) in [7, 11) is 0. The van der Waals surface area contributed by atoms with Gasteiger partial charge in [-0.2, -0.15) is 0 Å². The van der Waals surface area contributed by atoms with Gasteiger partial charge in [-0.3, -0.25) is 0 Å². The Labute approximate surface area is 184 Å². The Bertz CT molecular complexity index is 1190. The summed E-state index contributed by atoms with van der Waals surface area (Å²) in [5.41, 5.74) is 4.08. The van der Waals surface area contributed by atoms with Crippen LogP contribution in [0.2, 0.25) is 0 Å². The molecule has 0 N–H and O–H groups in total. The van der Waals surface area contributed by atoms with E-state index in [1.807, 2.05) is 18.2 Å². The zero-order valence-corrected chi connectivity index (χ0v) is 17.4. The van der Waals surface area contributed by atoms with Gasteiger partial charge in [-0.15, -0.1) is 0 Å². The molecule has 2 aromatic heterocycles. The summed E-state index contributed by atoms with van der Waals surface area (Å²) >= 11 is 0. The van der Waals surface area contributed by atoms with Crippen molar-refractivity contribution in [2.45, 2.75) is 6.54 Å². The summed E-state index contributed by atoms with van der Waals surface area (Å²) in [5, 5.41) is 15.2. The molecule has 0 aliphatic carbocycles. The highest BCUT2D eigenvalue weighted by molar-refractivity contribution is 5.63. The van der Waals surface area contributed by atoms with Crippen molar-refractivity contribution in [3.8, 4) is 11.3 Å². The molecule has 2 aromatic carbocycles. The molecule has 1 aliphatic rings. The first-order valence-electron chi connectivity index (χ1n) is 10.4. The number of hydrogen-bond acceptors (Lipinski definition) is 7. The second-order valence-electron chi connectivity index (χ2n) is 7.65. The minimum Gasteiger partial charge on any atom is -0.390 e. The molecule has 0 radical (unpaired) electrons. The normalized spacial score (nSPS) is 14.0. The van der Waals surface area contributed by atoms with Crippen molar-refractivity contribution < 1.29 is 9.45 Å². The van der Waals surface area contributed by atoms with Crippen LogP contribution in [0.1, 0.15) is 5.76 Å². The predicted octanol–water partition coefficient (Wildman–Crippen LogP) is 3.82. The standard InChI is InChI=1S/C23H22N6O3/c30-29(31)23-24-10-11-28(23)17-21-16-22(25-32-21)18-6-8-20(9-7-18)27-14-12-26(13-15-27)19-4-2-1-3-5-19/h1-11,16H,12-15,17H2. The van der Waals surface area contributed by atoms with Crippen LogP contribution in [0.4, 0.5) is 17.3 Å². The largest absolute Gasteiger partial charge is 0.434 e. The van der Waals surface area contributed by atoms with Crippen molar-refractivity contribution in [1.82, 2.24) is 14.7 Å². The molecule has 0 unspecified atom stereocenters. The van der Waals surface area contributed by atoms with Gasteiger partial charge in [0.15, 0.2) is 5.76 Å². The molecule has 0 saturated carbocycles. The van der Waals surface area contributed by atoms with Gasteiger partial charge in [-0.1, -0.05) is 40.5 Å². The van der Waals surface area contributed by atoms with E-state index in [0.717, 1.165) is 31.7 Å². The van der Waals surface area contributed by atoms with Gasteiger partial charge in [0.2, 0.25) is 0 Å². The highest BCUT2D eigenvalue weighted by Crippen LogP contribution is 2.25. The van der Waals surface area contributed by atoms with E-state index in [1.165, 1.54) is 22.1 Å². The van der Waals surface area contributed by atoms with Gasteiger partial charge in [-0.25, -0.2) is 4.57 Å². The second-order valence-corrected chi connectivity index (χ2v) is 7.65. The summed E-state index contributed by atoms with van der Waals surface area (Å²) in [6.45, 7) is 4.10. The monoisotopic (exact) mass is 430 g/mol. The summed E-state index contributed by atoms with van der Waals surface area (Å²) in [6.07, 6.45) is 2.94. The topological polar surface area (TPSA) is 93.5 Å². The molecule has 5 rings (SSSR count). The molecular weight excluding hydrogens is 408 g/mol. The number of nitro groups is 1. The third-order valence-electron chi connectivity index (χ3n) is 5.67. The summed E-state index contributed by atoms with van der Waals surface area (Å²) < 4.78 is 6.81. The van der Waals surface area contributed by atoms with Crippen LogP contribution in [-0.2, 0) is 6.54 Å². The molecule has 3 heterocycles. The van der Waals surface area contributed by atoms with Crippen LogP contribution in [0, 0.1) is 10.1 Å². The number of rotatable bonds is 6. The fourth-order valence-electron chi connectivity index (χ4n) is 3.99. The molecule has 1 saturated heterocycles. The Hall–Kier alpha value is -4.14. The van der Waals surface area contributed by atoms with Crippen LogP contribution >= 0.6 is 0 Å².